The van der Waals surface area contributed by atoms with Gasteiger partial charge in [0.25, 0.3) is 0 Å². The van der Waals surface area contributed by atoms with Crippen molar-refractivity contribution < 1.29 is 14.3 Å². The van der Waals surface area contributed by atoms with Crippen LogP contribution in [0.2, 0.25) is 0 Å². The van der Waals surface area contributed by atoms with Gasteiger partial charge in [0.1, 0.15) is 0 Å². The molecule has 0 saturated carbocycles. The van der Waals surface area contributed by atoms with Crippen LogP contribution in [-0.4, -0.2) is 38.3 Å². The largest absolute Gasteiger partial charge is 0.454 e. The fourth-order valence-electron chi connectivity index (χ4n) is 3.03. The molecule has 2 aromatic carbocycles. The molecule has 1 aliphatic rings. The quantitative estimate of drug-likeness (QED) is 0.495. The molecule has 0 bridgehead atoms. The Morgan fingerprint density at radius 3 is 2.77 bits per heavy atom. The first-order valence-electron chi connectivity index (χ1n) is 9.27. The maximum atomic E-state index is 12.3. The summed E-state index contributed by atoms with van der Waals surface area (Å²) in [7, 11) is 0. The average molecular weight is 419 g/mol. The zero-order valence-electron chi connectivity index (χ0n) is 16.0. The lowest BCUT2D eigenvalue weighted by Crippen LogP contribution is -2.14. The van der Waals surface area contributed by atoms with E-state index in [2.05, 4.69) is 20.6 Å². The number of fused-ring (bicyclic) bond motifs is 2. The number of ether oxygens (including phenoxy) is 2. The molecule has 8 nitrogen and oxygen atoms in total. The molecule has 0 saturated heterocycles. The van der Waals surface area contributed by atoms with Crippen molar-refractivity contribution in [2.45, 2.75) is 12.1 Å². The molecule has 150 valence electrons. The lowest BCUT2D eigenvalue weighted by atomic mass is 10.1. The molecule has 4 aromatic rings. The van der Waals surface area contributed by atoms with E-state index >= 15 is 0 Å². The number of rotatable bonds is 5. The van der Waals surface area contributed by atoms with E-state index < -0.39 is 0 Å². The number of benzene rings is 2. The maximum Gasteiger partial charge on any atom is 0.234 e. The van der Waals surface area contributed by atoms with Gasteiger partial charge in [-0.3, -0.25) is 4.79 Å². The van der Waals surface area contributed by atoms with Crippen LogP contribution in [-0.2, 0) is 4.79 Å². The molecule has 2 aromatic heterocycles. The van der Waals surface area contributed by atoms with Crippen molar-refractivity contribution in [1.82, 2.24) is 19.8 Å². The van der Waals surface area contributed by atoms with Crippen LogP contribution in [0.25, 0.3) is 16.9 Å². The van der Waals surface area contributed by atoms with Crippen LogP contribution < -0.4 is 14.8 Å². The molecule has 9 heteroatoms. The Labute approximate surface area is 176 Å². The highest BCUT2D eigenvalue weighted by Crippen LogP contribution is 2.35. The van der Waals surface area contributed by atoms with Crippen LogP contribution in [0.1, 0.15) is 5.56 Å². The Kier molecular flexibility index (Phi) is 4.72. The van der Waals surface area contributed by atoms with Gasteiger partial charge in [-0.05, 0) is 49.4 Å². The van der Waals surface area contributed by atoms with Gasteiger partial charge in [-0.1, -0.05) is 29.5 Å². The summed E-state index contributed by atoms with van der Waals surface area (Å²) in [4.78, 5) is 12.3. The Hall–Kier alpha value is -3.59. The van der Waals surface area contributed by atoms with Crippen LogP contribution >= 0.6 is 11.8 Å². The number of hydrogen-bond acceptors (Lipinski definition) is 7. The van der Waals surface area contributed by atoms with Gasteiger partial charge in [0.15, 0.2) is 17.1 Å². The summed E-state index contributed by atoms with van der Waals surface area (Å²) < 4.78 is 12.4. The van der Waals surface area contributed by atoms with Crippen molar-refractivity contribution in [3.05, 3.63) is 60.2 Å². The average Bonchev–Trinajstić information content (AvgIpc) is 3.39. The second-order valence-electron chi connectivity index (χ2n) is 6.74. The monoisotopic (exact) mass is 419 g/mol. The Morgan fingerprint density at radius 2 is 1.90 bits per heavy atom. The molecule has 1 aliphatic heterocycles. The smallest absolute Gasteiger partial charge is 0.234 e. The fraction of sp³-hybridized carbons (Fsp3) is 0.143. The number of carbonyl (C=O) groups excluding carboxylic acids is 1. The summed E-state index contributed by atoms with van der Waals surface area (Å²) >= 11 is 1.28. The third-order valence-corrected chi connectivity index (χ3v) is 5.49. The Bertz CT molecular complexity index is 1240. The van der Waals surface area contributed by atoms with Gasteiger partial charge in [-0.2, -0.15) is 9.61 Å². The summed E-state index contributed by atoms with van der Waals surface area (Å²) in [6.07, 6.45) is 0. The number of carbonyl (C=O) groups is 1. The Morgan fingerprint density at radius 1 is 1.07 bits per heavy atom. The lowest BCUT2D eigenvalue weighted by molar-refractivity contribution is -0.113. The van der Waals surface area contributed by atoms with Gasteiger partial charge in [-0.15, -0.1) is 10.2 Å². The van der Waals surface area contributed by atoms with Crippen molar-refractivity contribution in [3.8, 4) is 22.8 Å². The molecule has 0 atom stereocenters. The zero-order chi connectivity index (χ0) is 20.5. The van der Waals surface area contributed by atoms with Crippen LogP contribution in [0, 0.1) is 6.92 Å². The molecule has 0 spiro atoms. The van der Waals surface area contributed by atoms with Crippen LogP contribution in [0.15, 0.2) is 59.8 Å². The minimum Gasteiger partial charge on any atom is -0.454 e. The zero-order valence-corrected chi connectivity index (χ0v) is 16.8. The van der Waals surface area contributed by atoms with Crippen molar-refractivity contribution in [2.24, 2.45) is 0 Å². The minimum absolute atomic E-state index is 0.118. The molecule has 0 radical (unpaired) electrons. The van der Waals surface area contributed by atoms with Crippen molar-refractivity contribution >= 4 is 29.0 Å². The van der Waals surface area contributed by atoms with E-state index in [4.69, 9.17) is 9.47 Å². The third-order valence-electron chi connectivity index (χ3n) is 4.57. The van der Waals surface area contributed by atoms with Crippen molar-refractivity contribution in [1.29, 1.82) is 0 Å². The van der Waals surface area contributed by atoms with Crippen LogP contribution in [0.3, 0.4) is 0 Å². The molecule has 1 amide bonds. The molecule has 0 unspecified atom stereocenters. The van der Waals surface area contributed by atoms with Crippen molar-refractivity contribution in [3.63, 3.8) is 0 Å². The number of anilines is 1. The highest BCUT2D eigenvalue weighted by Gasteiger charge is 2.16. The number of aromatic nitrogens is 4. The molecule has 5 rings (SSSR count). The number of amides is 1. The van der Waals surface area contributed by atoms with E-state index in [1.807, 2.05) is 61.5 Å². The highest BCUT2D eigenvalue weighted by atomic mass is 32.2. The standard InChI is InChI=1S/C21H17N5O3S/c1-13-2-5-15(6-3-13)22-20(27)11-30-21-24-23-19-9-7-16(25-26(19)21)14-4-8-17-18(10-14)29-12-28-17/h2-10H,11-12H2,1H3,(H,22,27). The van der Waals surface area contributed by atoms with E-state index in [9.17, 15) is 4.79 Å². The van der Waals surface area contributed by atoms with Gasteiger partial charge in [0, 0.05) is 11.3 Å². The van der Waals surface area contributed by atoms with E-state index in [1.165, 1.54) is 11.8 Å². The molecule has 30 heavy (non-hydrogen) atoms. The number of thioether (sulfide) groups is 1. The summed E-state index contributed by atoms with van der Waals surface area (Å²) in [5.41, 5.74) is 4.15. The lowest BCUT2D eigenvalue weighted by Gasteiger charge is -2.06. The third kappa shape index (κ3) is 3.67. The second kappa shape index (κ2) is 7.68. The molecule has 3 heterocycles. The maximum absolute atomic E-state index is 12.3. The SMILES string of the molecule is Cc1ccc(NC(=O)CSc2nnc3ccc(-c4ccc5c(c4)OCO5)nn23)cc1. The number of nitrogens with zero attached hydrogens (tertiary/aromatic N) is 4. The molecule has 1 N–H and O–H groups in total. The van der Waals surface area contributed by atoms with Gasteiger partial charge in [0.2, 0.25) is 17.9 Å². The van der Waals surface area contributed by atoms with Gasteiger partial charge in [0.05, 0.1) is 11.4 Å². The highest BCUT2D eigenvalue weighted by molar-refractivity contribution is 7.99. The molecular formula is C21H17N5O3S. The summed E-state index contributed by atoms with van der Waals surface area (Å²) in [5.74, 6) is 1.50. The number of aryl methyl sites for hydroxylation is 1. The summed E-state index contributed by atoms with van der Waals surface area (Å²) in [5, 5.41) is 16.4. The van der Waals surface area contributed by atoms with Gasteiger partial charge < -0.3 is 14.8 Å². The first-order valence-corrected chi connectivity index (χ1v) is 10.3. The number of nitrogens with one attached hydrogen (secondary N) is 1. The van der Waals surface area contributed by atoms with E-state index in [0.717, 1.165) is 28.3 Å². The fourth-order valence-corrected chi connectivity index (χ4v) is 3.72. The molecular weight excluding hydrogens is 402 g/mol. The van der Waals surface area contributed by atoms with Crippen LogP contribution in [0.4, 0.5) is 5.69 Å². The molecule has 0 aliphatic carbocycles. The van der Waals surface area contributed by atoms with Crippen molar-refractivity contribution in [2.75, 3.05) is 17.9 Å². The predicted molar refractivity (Wildman–Crippen MR) is 113 cm³/mol. The van der Waals surface area contributed by atoms with Gasteiger partial charge in [-0.25, -0.2) is 0 Å². The summed E-state index contributed by atoms with van der Waals surface area (Å²) in [6, 6.07) is 17.1. The normalized spacial score (nSPS) is 12.3. The van der Waals surface area contributed by atoms with E-state index in [0.29, 0.717) is 16.6 Å². The minimum atomic E-state index is -0.118. The van der Waals surface area contributed by atoms with E-state index in [-0.39, 0.29) is 18.5 Å². The predicted octanol–water partition coefficient (Wildman–Crippen LogP) is 3.56. The van der Waals surface area contributed by atoms with E-state index in [1.54, 1.807) is 4.52 Å². The molecule has 0 fully saturated rings. The topological polar surface area (TPSA) is 90.6 Å². The number of hydrogen-bond donors (Lipinski definition) is 1. The first-order chi connectivity index (χ1) is 14.7. The first kappa shape index (κ1) is 18.4. The second-order valence-corrected chi connectivity index (χ2v) is 7.68. The van der Waals surface area contributed by atoms with Crippen LogP contribution in [0.5, 0.6) is 11.5 Å². The van der Waals surface area contributed by atoms with Gasteiger partial charge >= 0.3 is 0 Å². The Balaban J connectivity index is 1.33. The summed E-state index contributed by atoms with van der Waals surface area (Å²) in [6.45, 7) is 2.23.